The van der Waals surface area contributed by atoms with Crippen LogP contribution in [0.3, 0.4) is 0 Å². The van der Waals surface area contributed by atoms with Gasteiger partial charge in [-0.05, 0) is 62.2 Å². The summed E-state index contributed by atoms with van der Waals surface area (Å²) in [5.41, 5.74) is 6.17. The Morgan fingerprint density at radius 2 is 1.42 bits per heavy atom. The maximum Gasteiger partial charge on any atom is 0.282 e. The molecule has 4 rings (SSSR count). The Hall–Kier alpha value is -4.19. The van der Waals surface area contributed by atoms with Crippen LogP contribution in [0, 0.1) is 20.8 Å². The molecule has 1 aliphatic heterocycles. The zero-order valence-corrected chi connectivity index (χ0v) is 19.0. The lowest BCUT2D eigenvalue weighted by molar-refractivity contribution is -0.120. The van der Waals surface area contributed by atoms with Crippen molar-refractivity contribution in [3.8, 4) is 0 Å². The highest BCUT2D eigenvalue weighted by Crippen LogP contribution is 2.35. The van der Waals surface area contributed by atoms with Gasteiger partial charge >= 0.3 is 0 Å². The molecule has 3 aromatic rings. The lowest BCUT2D eigenvalue weighted by Gasteiger charge is -2.16. The van der Waals surface area contributed by atoms with Crippen LogP contribution in [0.15, 0.2) is 72.4 Å². The second-order valence-corrected chi connectivity index (χ2v) is 8.23. The zero-order valence-electron chi connectivity index (χ0n) is 19.0. The van der Waals surface area contributed by atoms with Gasteiger partial charge in [0.15, 0.2) is 0 Å². The molecule has 166 valence electrons. The largest absolute Gasteiger partial charge is 0.350 e. The van der Waals surface area contributed by atoms with E-state index in [-0.39, 0.29) is 11.6 Å². The Morgan fingerprint density at radius 3 is 2.03 bits per heavy atom. The van der Waals surface area contributed by atoms with Crippen LogP contribution in [0.1, 0.15) is 29.2 Å². The molecule has 0 atom stereocenters. The van der Waals surface area contributed by atoms with Crippen molar-refractivity contribution in [3.05, 3.63) is 94.7 Å². The number of rotatable bonds is 5. The second-order valence-electron chi connectivity index (χ2n) is 8.23. The fourth-order valence-electron chi connectivity index (χ4n) is 3.85. The summed E-state index contributed by atoms with van der Waals surface area (Å²) in [5.74, 6) is -1.02. The molecule has 0 fully saturated rings. The smallest absolute Gasteiger partial charge is 0.282 e. The van der Waals surface area contributed by atoms with Crippen LogP contribution in [-0.4, -0.2) is 17.7 Å². The van der Waals surface area contributed by atoms with Crippen molar-refractivity contribution >= 4 is 40.4 Å². The van der Waals surface area contributed by atoms with E-state index in [1.165, 1.54) is 11.8 Å². The average molecular weight is 440 g/mol. The second kappa shape index (κ2) is 8.74. The Labute approximate surface area is 192 Å². The van der Waals surface area contributed by atoms with Crippen molar-refractivity contribution < 1.29 is 14.4 Å². The average Bonchev–Trinajstić information content (AvgIpc) is 3.00. The van der Waals surface area contributed by atoms with Crippen LogP contribution in [-0.2, 0) is 14.4 Å². The third-order valence-corrected chi connectivity index (χ3v) is 5.51. The third kappa shape index (κ3) is 4.41. The molecule has 0 saturated heterocycles. The van der Waals surface area contributed by atoms with Gasteiger partial charge in [0, 0.05) is 18.3 Å². The Balaban J connectivity index is 1.77. The maximum absolute atomic E-state index is 13.5. The number of amides is 3. The van der Waals surface area contributed by atoms with E-state index in [4.69, 9.17) is 0 Å². The molecule has 6 heteroatoms. The van der Waals surface area contributed by atoms with Gasteiger partial charge in [0.2, 0.25) is 5.91 Å². The first kappa shape index (κ1) is 22.0. The van der Waals surface area contributed by atoms with Crippen LogP contribution in [0.2, 0.25) is 0 Å². The summed E-state index contributed by atoms with van der Waals surface area (Å²) in [4.78, 5) is 39.5. The van der Waals surface area contributed by atoms with Gasteiger partial charge in [-0.15, -0.1) is 0 Å². The summed E-state index contributed by atoms with van der Waals surface area (Å²) in [5, 5.41) is 5.91. The maximum atomic E-state index is 13.5. The number of nitrogens with one attached hydrogen (secondary N) is 2. The van der Waals surface area contributed by atoms with Gasteiger partial charge in [-0.3, -0.25) is 14.4 Å². The van der Waals surface area contributed by atoms with Crippen LogP contribution in [0.4, 0.5) is 17.1 Å². The third-order valence-electron chi connectivity index (χ3n) is 5.51. The van der Waals surface area contributed by atoms with Gasteiger partial charge in [-0.2, -0.15) is 0 Å². The molecule has 3 amide bonds. The molecule has 0 aromatic heterocycles. The highest BCUT2D eigenvalue weighted by Gasteiger charge is 2.40. The number of carbonyl (C=O) groups is 3. The molecule has 0 spiro atoms. The standard InChI is InChI=1S/C27H25N3O3/c1-16-5-8-20(9-6-16)24-25(29-23-14-7-17(2)15-18(23)3)27(33)30(26(24)32)22-12-10-21(11-13-22)28-19(4)31/h5-15,29H,1-4H3,(H,28,31). The fourth-order valence-corrected chi connectivity index (χ4v) is 3.85. The first-order valence-electron chi connectivity index (χ1n) is 10.7. The van der Waals surface area contributed by atoms with Crippen LogP contribution in [0.25, 0.3) is 5.57 Å². The minimum atomic E-state index is -0.428. The van der Waals surface area contributed by atoms with Crippen molar-refractivity contribution in [3.63, 3.8) is 0 Å². The van der Waals surface area contributed by atoms with E-state index in [2.05, 4.69) is 10.6 Å². The van der Waals surface area contributed by atoms with Crippen molar-refractivity contribution in [1.29, 1.82) is 0 Å². The van der Waals surface area contributed by atoms with Gasteiger partial charge in [0.05, 0.1) is 11.3 Å². The molecule has 0 bridgehead atoms. The Kier molecular flexibility index (Phi) is 5.84. The summed E-state index contributed by atoms with van der Waals surface area (Å²) >= 11 is 0. The van der Waals surface area contributed by atoms with E-state index in [1.54, 1.807) is 24.3 Å². The molecule has 33 heavy (non-hydrogen) atoms. The summed E-state index contributed by atoms with van der Waals surface area (Å²) in [7, 11) is 0. The number of benzene rings is 3. The SMILES string of the molecule is CC(=O)Nc1ccc(N2C(=O)C(Nc3ccc(C)cc3C)=C(c3ccc(C)cc3)C2=O)cc1. The summed E-state index contributed by atoms with van der Waals surface area (Å²) in [6.07, 6.45) is 0. The number of nitrogens with zero attached hydrogens (tertiary/aromatic N) is 1. The number of carbonyl (C=O) groups excluding carboxylic acids is 3. The Morgan fingerprint density at radius 1 is 0.788 bits per heavy atom. The lowest BCUT2D eigenvalue weighted by Crippen LogP contribution is -2.32. The van der Waals surface area contributed by atoms with Gasteiger partial charge in [0.1, 0.15) is 5.70 Å². The predicted molar refractivity (Wildman–Crippen MR) is 131 cm³/mol. The number of hydrogen-bond donors (Lipinski definition) is 2. The fraction of sp³-hybridized carbons (Fsp3) is 0.148. The lowest BCUT2D eigenvalue weighted by atomic mass is 10.0. The van der Waals surface area contributed by atoms with Crippen LogP contribution in [0.5, 0.6) is 0 Å². The molecular weight excluding hydrogens is 414 g/mol. The normalized spacial score (nSPS) is 13.5. The minimum Gasteiger partial charge on any atom is -0.350 e. The molecule has 1 aliphatic rings. The predicted octanol–water partition coefficient (Wildman–Crippen LogP) is 4.97. The molecular formula is C27H25N3O3. The number of hydrogen-bond acceptors (Lipinski definition) is 4. The molecule has 3 aromatic carbocycles. The topological polar surface area (TPSA) is 78.5 Å². The van der Waals surface area contributed by atoms with E-state index in [9.17, 15) is 14.4 Å². The Bertz CT molecular complexity index is 1290. The summed E-state index contributed by atoms with van der Waals surface area (Å²) < 4.78 is 0. The minimum absolute atomic E-state index is 0.195. The van der Waals surface area contributed by atoms with Crippen molar-refractivity contribution in [2.45, 2.75) is 27.7 Å². The van der Waals surface area contributed by atoms with E-state index >= 15 is 0 Å². The number of aryl methyl sites for hydroxylation is 3. The van der Waals surface area contributed by atoms with E-state index in [0.717, 1.165) is 22.4 Å². The molecule has 0 saturated carbocycles. The summed E-state index contributed by atoms with van der Waals surface area (Å²) in [6.45, 7) is 7.35. The van der Waals surface area contributed by atoms with Crippen LogP contribution < -0.4 is 15.5 Å². The van der Waals surface area contributed by atoms with Crippen molar-refractivity contribution in [2.24, 2.45) is 0 Å². The van der Waals surface area contributed by atoms with E-state index in [0.29, 0.717) is 22.5 Å². The van der Waals surface area contributed by atoms with Gasteiger partial charge < -0.3 is 10.6 Å². The molecule has 0 unspecified atom stereocenters. The zero-order chi connectivity index (χ0) is 23.7. The summed E-state index contributed by atoms with van der Waals surface area (Å²) in [6, 6.07) is 20.0. The van der Waals surface area contributed by atoms with Crippen molar-refractivity contribution in [1.82, 2.24) is 0 Å². The van der Waals surface area contributed by atoms with Gasteiger partial charge in [0.25, 0.3) is 11.8 Å². The highest BCUT2D eigenvalue weighted by atomic mass is 16.2. The number of imide groups is 1. The van der Waals surface area contributed by atoms with Crippen molar-refractivity contribution in [2.75, 3.05) is 15.5 Å². The molecule has 6 nitrogen and oxygen atoms in total. The molecule has 0 aliphatic carbocycles. The first-order chi connectivity index (χ1) is 15.7. The van der Waals surface area contributed by atoms with E-state index < -0.39 is 11.8 Å². The van der Waals surface area contributed by atoms with Gasteiger partial charge in [-0.1, -0.05) is 47.5 Å². The quantitative estimate of drug-likeness (QED) is 0.551. The highest BCUT2D eigenvalue weighted by molar-refractivity contribution is 6.46. The number of anilines is 3. The molecule has 1 heterocycles. The van der Waals surface area contributed by atoms with E-state index in [1.807, 2.05) is 63.2 Å². The molecule has 0 radical (unpaired) electrons. The monoisotopic (exact) mass is 439 g/mol. The van der Waals surface area contributed by atoms with Crippen LogP contribution >= 0.6 is 0 Å². The first-order valence-corrected chi connectivity index (χ1v) is 10.7. The van der Waals surface area contributed by atoms with Gasteiger partial charge in [-0.25, -0.2) is 4.90 Å². The molecule has 2 N–H and O–H groups in total.